The second kappa shape index (κ2) is 15.1. The van der Waals surface area contributed by atoms with Gasteiger partial charge in [-0.3, -0.25) is 4.90 Å². The van der Waals surface area contributed by atoms with Gasteiger partial charge in [0.1, 0.15) is 29.6 Å². The molecule has 1 N–H and O–H groups in total. The molecule has 0 unspecified atom stereocenters. The Bertz CT molecular complexity index is 1990. The van der Waals surface area contributed by atoms with E-state index in [1.54, 1.807) is 43.5 Å². The first-order valence-electron chi connectivity index (χ1n) is 15.7. The topological polar surface area (TPSA) is 98.3 Å². The molecule has 0 amide bonds. The van der Waals surface area contributed by atoms with Gasteiger partial charge in [-0.2, -0.15) is 4.98 Å². The lowest BCUT2D eigenvalue weighted by Gasteiger charge is -2.35. The van der Waals surface area contributed by atoms with E-state index in [0.29, 0.717) is 74.3 Å². The average Bonchev–Trinajstić information content (AvgIpc) is 3.48. The highest BCUT2D eigenvalue weighted by Gasteiger charge is 2.26. The van der Waals surface area contributed by atoms with E-state index < -0.39 is 17.6 Å². The second-order valence-electron chi connectivity index (χ2n) is 11.4. The number of imidazole rings is 1. The first kappa shape index (κ1) is 33.3. The van der Waals surface area contributed by atoms with Gasteiger partial charge in [0.2, 0.25) is 5.88 Å². The summed E-state index contributed by atoms with van der Waals surface area (Å²) in [6.45, 7) is 11.0. The quantitative estimate of drug-likeness (QED) is 0.121. The molecular formula is C36H35F2N7O4. The van der Waals surface area contributed by atoms with Crippen molar-refractivity contribution in [2.45, 2.75) is 19.7 Å². The van der Waals surface area contributed by atoms with Crippen molar-refractivity contribution in [2.75, 3.05) is 57.2 Å². The number of carbonyl (C=O) groups is 1. The number of nitrogens with one attached hydrogen (secondary N) is 1. The maximum absolute atomic E-state index is 16.2. The van der Waals surface area contributed by atoms with Crippen molar-refractivity contribution < 1.29 is 27.8 Å². The molecule has 11 nitrogen and oxygen atoms in total. The molecule has 0 bridgehead atoms. The number of halogens is 2. The summed E-state index contributed by atoms with van der Waals surface area (Å²) in [6, 6.07) is 20.4. The molecular weight excluding hydrogens is 632 g/mol. The molecule has 5 aromatic rings. The summed E-state index contributed by atoms with van der Waals surface area (Å²) in [7, 11) is 2.86. The molecule has 13 heteroatoms. The molecule has 1 fully saturated rings. The summed E-state index contributed by atoms with van der Waals surface area (Å²) in [4.78, 5) is 29.9. The fraction of sp³-hybridized carbons (Fsp3) is 0.278. The third-order valence-electron chi connectivity index (χ3n) is 8.34. The van der Waals surface area contributed by atoms with E-state index in [9.17, 15) is 9.18 Å². The summed E-state index contributed by atoms with van der Waals surface area (Å²) < 4.78 is 48.6. The van der Waals surface area contributed by atoms with Crippen LogP contribution < -0.4 is 15.0 Å². The maximum Gasteiger partial charge on any atom is 0.340 e. The Kier molecular flexibility index (Phi) is 10.3. The lowest BCUT2D eigenvalue weighted by Crippen LogP contribution is -2.46. The van der Waals surface area contributed by atoms with E-state index in [2.05, 4.69) is 24.9 Å². The lowest BCUT2D eigenvalue weighted by molar-refractivity contribution is 0.0601. The lowest BCUT2D eigenvalue weighted by atomic mass is 10.1. The number of methoxy groups -OCH3 is 2. The van der Waals surface area contributed by atoms with Crippen LogP contribution in [-0.2, 0) is 29.2 Å². The first-order valence-corrected chi connectivity index (χ1v) is 15.7. The summed E-state index contributed by atoms with van der Waals surface area (Å²) >= 11 is 0. The zero-order chi connectivity index (χ0) is 34.3. The molecule has 1 aliphatic heterocycles. The number of rotatable bonds is 12. The Labute approximate surface area is 282 Å². The number of hydrogen-bond acceptors (Lipinski definition) is 9. The molecule has 0 radical (unpaired) electrons. The third kappa shape index (κ3) is 7.45. The second-order valence-corrected chi connectivity index (χ2v) is 11.4. The molecule has 0 aliphatic carbocycles. The highest BCUT2D eigenvalue weighted by atomic mass is 19.1. The van der Waals surface area contributed by atoms with Crippen molar-refractivity contribution in [3.63, 3.8) is 0 Å². The van der Waals surface area contributed by atoms with Crippen molar-refractivity contribution in [1.29, 1.82) is 0 Å². The number of hydrogen-bond donors (Lipinski definition) is 1. The van der Waals surface area contributed by atoms with E-state index in [1.165, 1.54) is 13.2 Å². The number of ether oxygens (including phenoxy) is 3. The molecule has 0 saturated carbocycles. The van der Waals surface area contributed by atoms with Crippen LogP contribution in [0.4, 0.5) is 31.7 Å². The highest BCUT2D eigenvalue weighted by Crippen LogP contribution is 2.33. The van der Waals surface area contributed by atoms with Gasteiger partial charge in [-0.15, -0.1) is 0 Å². The van der Waals surface area contributed by atoms with Gasteiger partial charge in [-0.25, -0.2) is 23.4 Å². The number of piperazine rings is 1. The average molecular weight is 668 g/mol. The predicted octanol–water partition coefficient (Wildman–Crippen LogP) is 6.34. The Morgan fingerprint density at radius 1 is 0.980 bits per heavy atom. The number of nitrogens with zero attached hydrogens (tertiary/aromatic N) is 6. The normalized spacial score (nSPS) is 13.3. The molecule has 6 rings (SSSR count). The van der Waals surface area contributed by atoms with Crippen molar-refractivity contribution >= 4 is 39.9 Å². The van der Waals surface area contributed by atoms with Gasteiger partial charge in [0, 0.05) is 57.2 Å². The van der Waals surface area contributed by atoms with Gasteiger partial charge in [-0.1, -0.05) is 36.4 Å². The number of esters is 1. The SMILES string of the molecule is [C-]#[N+]c1ccc(COc2cccc(N3CCN(Cc4nc5c(F)c(Nc6ccccc6)c(C(=O)OC)cc5n4CCOC)CC3)n2)c(F)c1. The van der Waals surface area contributed by atoms with Crippen LogP contribution >= 0.6 is 0 Å². The minimum absolute atomic E-state index is 0.00366. The Morgan fingerprint density at radius 2 is 1.78 bits per heavy atom. The minimum atomic E-state index is -0.665. The van der Waals surface area contributed by atoms with E-state index in [1.807, 2.05) is 34.9 Å². The van der Waals surface area contributed by atoms with E-state index >= 15 is 4.39 Å². The van der Waals surface area contributed by atoms with Gasteiger partial charge in [-0.05, 0) is 30.3 Å². The van der Waals surface area contributed by atoms with Gasteiger partial charge in [0.25, 0.3) is 0 Å². The number of carbonyl (C=O) groups excluding carboxylic acids is 1. The van der Waals surface area contributed by atoms with Crippen molar-refractivity contribution in [3.8, 4) is 5.88 Å². The monoisotopic (exact) mass is 667 g/mol. The fourth-order valence-corrected chi connectivity index (χ4v) is 5.75. The summed E-state index contributed by atoms with van der Waals surface area (Å²) in [5, 5.41) is 3.04. The van der Waals surface area contributed by atoms with Crippen LogP contribution in [0.25, 0.3) is 15.9 Å². The Hall–Kier alpha value is -5.58. The number of anilines is 3. The Balaban J connectivity index is 1.18. The minimum Gasteiger partial charge on any atom is -0.473 e. The van der Waals surface area contributed by atoms with Gasteiger partial charge in [0.15, 0.2) is 11.5 Å². The van der Waals surface area contributed by atoms with Crippen LogP contribution in [0.2, 0.25) is 0 Å². The van der Waals surface area contributed by atoms with E-state index in [4.69, 9.17) is 25.8 Å². The third-order valence-corrected chi connectivity index (χ3v) is 8.34. The first-order chi connectivity index (χ1) is 23.9. The number of aromatic nitrogens is 3. The summed E-state index contributed by atoms with van der Waals surface area (Å²) in [5.74, 6) is -0.0361. The molecule has 2 aromatic heterocycles. The smallest absolute Gasteiger partial charge is 0.340 e. The molecule has 0 spiro atoms. The van der Waals surface area contributed by atoms with E-state index in [-0.39, 0.29) is 29.1 Å². The number of benzene rings is 3. The van der Waals surface area contributed by atoms with Crippen LogP contribution in [0.15, 0.2) is 72.8 Å². The molecule has 1 saturated heterocycles. The van der Waals surface area contributed by atoms with Crippen LogP contribution in [0, 0.1) is 18.2 Å². The maximum atomic E-state index is 16.2. The van der Waals surface area contributed by atoms with Crippen LogP contribution in [0.3, 0.4) is 0 Å². The predicted molar refractivity (Wildman–Crippen MR) is 181 cm³/mol. The summed E-state index contributed by atoms with van der Waals surface area (Å²) in [6.07, 6.45) is 0. The molecule has 1 aliphatic rings. The Morgan fingerprint density at radius 3 is 2.49 bits per heavy atom. The zero-order valence-corrected chi connectivity index (χ0v) is 27.2. The molecule has 0 atom stereocenters. The van der Waals surface area contributed by atoms with Crippen molar-refractivity contribution in [3.05, 3.63) is 113 Å². The molecule has 3 aromatic carbocycles. The summed E-state index contributed by atoms with van der Waals surface area (Å²) in [5.41, 5.74) is 1.90. The van der Waals surface area contributed by atoms with Crippen molar-refractivity contribution in [1.82, 2.24) is 19.4 Å². The molecule has 49 heavy (non-hydrogen) atoms. The molecule has 3 heterocycles. The standard InChI is InChI=1S/C36H35F2N7O4/c1-39-26-13-12-24(28(37)20-26)23-49-32-11-7-10-30(41-32)44-16-14-43(15-17-44)22-31-42-35-29(45(31)18-19-47-2)21-27(36(46)48-3)34(33(35)38)40-25-8-5-4-6-9-25/h4-13,20-21,40H,14-19,22-23H2,2-3H3. The number of pyridine rings is 1. The highest BCUT2D eigenvalue weighted by molar-refractivity contribution is 6.01. The van der Waals surface area contributed by atoms with Crippen LogP contribution in [0.5, 0.6) is 5.88 Å². The number of fused-ring (bicyclic) bond motifs is 1. The van der Waals surface area contributed by atoms with Gasteiger partial charge in [0.05, 0.1) is 43.6 Å². The number of para-hydroxylation sites is 1. The molecule has 252 valence electrons. The van der Waals surface area contributed by atoms with Crippen molar-refractivity contribution in [2.24, 2.45) is 0 Å². The fourth-order valence-electron chi connectivity index (χ4n) is 5.75. The largest absolute Gasteiger partial charge is 0.473 e. The van der Waals surface area contributed by atoms with Crippen LogP contribution in [-0.4, -0.2) is 72.4 Å². The van der Waals surface area contributed by atoms with Gasteiger partial charge >= 0.3 is 5.97 Å². The zero-order valence-electron chi connectivity index (χ0n) is 27.2. The van der Waals surface area contributed by atoms with Gasteiger partial charge < -0.3 is 29.0 Å². The van der Waals surface area contributed by atoms with E-state index in [0.717, 1.165) is 5.82 Å². The van der Waals surface area contributed by atoms with Crippen LogP contribution in [0.1, 0.15) is 21.7 Å².